The fraction of sp³-hybridized carbons (Fsp3) is 0.400. The van der Waals surface area contributed by atoms with Crippen molar-refractivity contribution >= 4 is 5.91 Å². The zero-order valence-corrected chi connectivity index (χ0v) is 19.0. The Morgan fingerprint density at radius 2 is 1.88 bits per heavy atom. The number of carbonyl (C=O) groups is 1. The van der Waals surface area contributed by atoms with Crippen molar-refractivity contribution in [3.8, 4) is 17.1 Å². The normalized spacial score (nSPS) is 15.0. The number of nitrogens with zero attached hydrogens (tertiary/aromatic N) is 4. The number of rotatable bonds is 7. The van der Waals surface area contributed by atoms with Crippen molar-refractivity contribution in [1.82, 2.24) is 19.9 Å². The molecule has 32 heavy (non-hydrogen) atoms. The highest BCUT2D eigenvalue weighted by molar-refractivity contribution is 5.78. The maximum atomic E-state index is 12.9. The van der Waals surface area contributed by atoms with Crippen molar-refractivity contribution in [2.24, 2.45) is 5.92 Å². The van der Waals surface area contributed by atoms with E-state index in [1.54, 1.807) is 7.11 Å². The van der Waals surface area contributed by atoms with Crippen molar-refractivity contribution < 1.29 is 14.1 Å². The van der Waals surface area contributed by atoms with E-state index in [0.29, 0.717) is 24.8 Å². The van der Waals surface area contributed by atoms with Gasteiger partial charge in [-0.3, -0.25) is 9.69 Å². The Kier molecular flexibility index (Phi) is 6.85. The van der Waals surface area contributed by atoms with Crippen LogP contribution in [0.4, 0.5) is 0 Å². The predicted molar refractivity (Wildman–Crippen MR) is 122 cm³/mol. The van der Waals surface area contributed by atoms with Crippen LogP contribution >= 0.6 is 0 Å². The van der Waals surface area contributed by atoms with Gasteiger partial charge in [0.2, 0.25) is 17.6 Å². The Bertz CT molecular complexity index is 1040. The van der Waals surface area contributed by atoms with E-state index < -0.39 is 0 Å². The van der Waals surface area contributed by atoms with Crippen LogP contribution in [0, 0.1) is 12.8 Å². The first-order chi connectivity index (χ1) is 15.5. The van der Waals surface area contributed by atoms with Gasteiger partial charge in [-0.2, -0.15) is 4.98 Å². The third-order valence-corrected chi connectivity index (χ3v) is 6.10. The van der Waals surface area contributed by atoms with Crippen molar-refractivity contribution in [2.45, 2.75) is 32.9 Å². The third-order valence-electron chi connectivity index (χ3n) is 6.10. The second kappa shape index (κ2) is 9.96. The van der Waals surface area contributed by atoms with Crippen LogP contribution in [0.5, 0.6) is 5.75 Å². The minimum Gasteiger partial charge on any atom is -0.497 e. The summed E-state index contributed by atoms with van der Waals surface area (Å²) in [5.74, 6) is 2.33. The number of benzene rings is 2. The first-order valence-corrected chi connectivity index (χ1v) is 11.0. The fourth-order valence-corrected chi connectivity index (χ4v) is 4.18. The molecular weight excluding hydrogens is 404 g/mol. The average Bonchev–Trinajstić information content (AvgIpc) is 3.28. The van der Waals surface area contributed by atoms with Gasteiger partial charge in [-0.1, -0.05) is 41.6 Å². The monoisotopic (exact) mass is 434 g/mol. The van der Waals surface area contributed by atoms with Crippen molar-refractivity contribution in [3.05, 3.63) is 65.5 Å². The van der Waals surface area contributed by atoms with Gasteiger partial charge in [0.25, 0.3) is 0 Å². The number of aryl methyl sites for hydroxylation is 1. The molecule has 7 heteroatoms. The van der Waals surface area contributed by atoms with Gasteiger partial charge in [0.15, 0.2) is 0 Å². The lowest BCUT2D eigenvalue weighted by molar-refractivity contribution is -0.136. The van der Waals surface area contributed by atoms with Crippen LogP contribution in [0.25, 0.3) is 11.4 Å². The molecule has 1 fully saturated rings. The van der Waals surface area contributed by atoms with E-state index in [1.807, 2.05) is 67.4 Å². The molecular formula is C25H30N4O3. The number of carbonyl (C=O) groups excluding carboxylic acids is 1. The maximum Gasteiger partial charge on any atom is 0.241 e. The minimum atomic E-state index is 0.0553. The molecule has 168 valence electrons. The summed E-state index contributed by atoms with van der Waals surface area (Å²) in [4.78, 5) is 21.6. The second-order valence-corrected chi connectivity index (χ2v) is 8.42. The average molecular weight is 435 g/mol. The van der Waals surface area contributed by atoms with Gasteiger partial charge in [0, 0.05) is 25.1 Å². The molecule has 0 radical (unpaired) electrons. The Hall–Kier alpha value is -3.19. The molecule has 1 saturated heterocycles. The summed E-state index contributed by atoms with van der Waals surface area (Å²) in [5.41, 5.74) is 3.21. The topological polar surface area (TPSA) is 71.7 Å². The molecule has 0 saturated carbocycles. The predicted octanol–water partition coefficient (Wildman–Crippen LogP) is 3.92. The van der Waals surface area contributed by atoms with Gasteiger partial charge in [0.05, 0.1) is 13.7 Å². The van der Waals surface area contributed by atoms with Crippen LogP contribution in [0.3, 0.4) is 0 Å². The molecule has 2 aromatic carbocycles. The highest BCUT2D eigenvalue weighted by Crippen LogP contribution is 2.24. The smallest absolute Gasteiger partial charge is 0.241 e. The summed E-state index contributed by atoms with van der Waals surface area (Å²) in [6.45, 7) is 4.94. The molecule has 1 aromatic heterocycles. The number of amides is 1. The van der Waals surface area contributed by atoms with Crippen molar-refractivity contribution in [3.63, 3.8) is 0 Å². The fourth-order valence-electron chi connectivity index (χ4n) is 4.18. The Labute approximate surface area is 189 Å². The lowest BCUT2D eigenvalue weighted by Gasteiger charge is -2.32. The van der Waals surface area contributed by atoms with Crippen LogP contribution < -0.4 is 4.74 Å². The van der Waals surface area contributed by atoms with Gasteiger partial charge in [-0.05, 0) is 56.1 Å². The highest BCUT2D eigenvalue weighted by atomic mass is 16.5. The SMILES string of the molecule is COc1ccc(CN(C)C(=O)C2CCN(Cc3nc(-c4ccccc4C)no3)CC2)cc1. The van der Waals surface area contributed by atoms with E-state index in [9.17, 15) is 4.79 Å². The molecule has 0 bridgehead atoms. The molecule has 1 aliphatic heterocycles. The van der Waals surface area contributed by atoms with Gasteiger partial charge < -0.3 is 14.2 Å². The standard InChI is InChI=1S/C25H30N4O3/c1-18-6-4-5-7-22(18)24-26-23(32-27-24)17-29-14-12-20(13-15-29)25(30)28(2)16-19-8-10-21(31-3)11-9-19/h4-11,20H,12-17H2,1-3H3. The highest BCUT2D eigenvalue weighted by Gasteiger charge is 2.28. The summed E-state index contributed by atoms with van der Waals surface area (Å²) in [6, 6.07) is 15.9. The molecule has 2 heterocycles. The zero-order chi connectivity index (χ0) is 22.5. The van der Waals surface area contributed by atoms with Crippen LogP contribution in [-0.4, -0.2) is 53.1 Å². The van der Waals surface area contributed by atoms with E-state index in [2.05, 4.69) is 15.0 Å². The number of methoxy groups -OCH3 is 1. The van der Waals surface area contributed by atoms with Crippen molar-refractivity contribution in [1.29, 1.82) is 0 Å². The number of likely N-dealkylation sites (tertiary alicyclic amines) is 1. The van der Waals surface area contributed by atoms with Gasteiger partial charge in [-0.15, -0.1) is 0 Å². The van der Waals surface area contributed by atoms with Gasteiger partial charge >= 0.3 is 0 Å². The number of ether oxygens (including phenoxy) is 1. The van der Waals surface area contributed by atoms with E-state index in [1.165, 1.54) is 0 Å². The Balaban J connectivity index is 1.27. The van der Waals surface area contributed by atoms with E-state index in [0.717, 1.165) is 48.4 Å². The van der Waals surface area contributed by atoms with Crippen LogP contribution in [0.1, 0.15) is 29.9 Å². The molecule has 3 aromatic rings. The summed E-state index contributed by atoms with van der Waals surface area (Å²) in [7, 11) is 3.53. The molecule has 0 N–H and O–H groups in total. The Morgan fingerprint density at radius 1 is 1.16 bits per heavy atom. The Morgan fingerprint density at radius 3 is 2.56 bits per heavy atom. The van der Waals surface area contributed by atoms with Crippen LogP contribution in [0.2, 0.25) is 0 Å². The van der Waals surface area contributed by atoms with Crippen molar-refractivity contribution in [2.75, 3.05) is 27.2 Å². The first-order valence-electron chi connectivity index (χ1n) is 11.0. The second-order valence-electron chi connectivity index (χ2n) is 8.42. The molecule has 0 atom stereocenters. The number of hydrogen-bond donors (Lipinski definition) is 0. The molecule has 0 unspecified atom stereocenters. The molecule has 0 spiro atoms. The summed E-state index contributed by atoms with van der Waals surface area (Å²) >= 11 is 0. The molecule has 0 aliphatic carbocycles. The number of hydrogen-bond acceptors (Lipinski definition) is 6. The van der Waals surface area contributed by atoms with Crippen LogP contribution in [0.15, 0.2) is 53.1 Å². The van der Waals surface area contributed by atoms with Gasteiger partial charge in [-0.25, -0.2) is 0 Å². The molecule has 4 rings (SSSR count). The first kappa shape index (κ1) is 22.0. The van der Waals surface area contributed by atoms with E-state index in [-0.39, 0.29) is 11.8 Å². The molecule has 1 aliphatic rings. The number of piperidine rings is 1. The minimum absolute atomic E-state index is 0.0553. The lowest BCUT2D eigenvalue weighted by Crippen LogP contribution is -2.40. The maximum absolute atomic E-state index is 12.9. The quantitative estimate of drug-likeness (QED) is 0.561. The van der Waals surface area contributed by atoms with Crippen LogP contribution in [-0.2, 0) is 17.9 Å². The lowest BCUT2D eigenvalue weighted by atomic mass is 9.95. The molecule has 1 amide bonds. The van der Waals surface area contributed by atoms with E-state index in [4.69, 9.17) is 9.26 Å². The zero-order valence-electron chi connectivity index (χ0n) is 19.0. The summed E-state index contributed by atoms with van der Waals surface area (Å²) < 4.78 is 10.7. The third kappa shape index (κ3) is 5.16. The number of aromatic nitrogens is 2. The summed E-state index contributed by atoms with van der Waals surface area (Å²) in [5, 5.41) is 4.15. The molecule has 7 nitrogen and oxygen atoms in total. The van der Waals surface area contributed by atoms with E-state index >= 15 is 0 Å². The van der Waals surface area contributed by atoms with Gasteiger partial charge in [0.1, 0.15) is 5.75 Å². The summed E-state index contributed by atoms with van der Waals surface area (Å²) in [6.07, 6.45) is 1.68. The largest absolute Gasteiger partial charge is 0.497 e.